The van der Waals surface area contributed by atoms with Crippen molar-refractivity contribution in [2.75, 3.05) is 18.5 Å². The molecule has 0 fully saturated rings. The Morgan fingerprint density at radius 2 is 2.00 bits per heavy atom. The maximum absolute atomic E-state index is 8.91. The summed E-state index contributed by atoms with van der Waals surface area (Å²) in [5.74, 6) is 1.56. The average Bonchev–Trinajstić information content (AvgIpc) is 3.39. The van der Waals surface area contributed by atoms with Gasteiger partial charge in [0.05, 0.1) is 17.7 Å². The normalized spacial score (nSPS) is 11.3. The lowest BCUT2D eigenvalue weighted by atomic mass is 10.2. The van der Waals surface area contributed by atoms with E-state index in [0.717, 1.165) is 39.0 Å². The van der Waals surface area contributed by atoms with Crippen LogP contribution in [0.15, 0.2) is 66.9 Å². The minimum Gasteiger partial charge on any atom is -0.493 e. The molecule has 0 aliphatic carbocycles. The predicted molar refractivity (Wildman–Crippen MR) is 125 cm³/mol. The van der Waals surface area contributed by atoms with Gasteiger partial charge >= 0.3 is 0 Å². The summed E-state index contributed by atoms with van der Waals surface area (Å²) in [7, 11) is 0. The molecule has 6 nitrogen and oxygen atoms in total. The molecule has 3 heterocycles. The SMILES string of the molecule is Cc1cc(Nc2ccc3ncc(-c4cc5ccccc5s4)n3n2)ccc1OCCCO. The number of ether oxygens (including phenoxy) is 1. The second-order valence-electron chi connectivity index (χ2n) is 7.31. The van der Waals surface area contributed by atoms with Crippen LogP contribution < -0.4 is 10.1 Å². The van der Waals surface area contributed by atoms with Crippen molar-refractivity contribution < 1.29 is 9.84 Å². The number of benzene rings is 2. The molecule has 0 aliphatic heterocycles. The van der Waals surface area contributed by atoms with Gasteiger partial charge in [0, 0.05) is 23.4 Å². The van der Waals surface area contributed by atoms with Gasteiger partial charge < -0.3 is 15.2 Å². The first-order chi connectivity index (χ1) is 15.2. The predicted octanol–water partition coefficient (Wildman–Crippen LogP) is 5.42. The lowest BCUT2D eigenvalue weighted by Crippen LogP contribution is -2.02. The fourth-order valence-corrected chi connectivity index (χ4v) is 4.56. The maximum atomic E-state index is 8.91. The number of nitrogens with zero attached hydrogens (tertiary/aromatic N) is 3. The van der Waals surface area contributed by atoms with Crippen molar-refractivity contribution >= 4 is 38.6 Å². The van der Waals surface area contributed by atoms with E-state index < -0.39 is 0 Å². The van der Waals surface area contributed by atoms with Crippen LogP contribution >= 0.6 is 11.3 Å². The van der Waals surface area contributed by atoms with Crippen LogP contribution in [0.4, 0.5) is 11.5 Å². The molecule has 0 atom stereocenters. The van der Waals surface area contributed by atoms with Crippen molar-refractivity contribution in [1.29, 1.82) is 0 Å². The largest absolute Gasteiger partial charge is 0.493 e. The summed E-state index contributed by atoms with van der Waals surface area (Å²) in [5, 5.41) is 18.3. The van der Waals surface area contributed by atoms with Crippen LogP contribution in [0, 0.1) is 6.92 Å². The number of rotatable bonds is 7. The number of imidazole rings is 1. The highest BCUT2D eigenvalue weighted by molar-refractivity contribution is 7.22. The molecule has 5 aromatic rings. The smallest absolute Gasteiger partial charge is 0.154 e. The van der Waals surface area contributed by atoms with Gasteiger partial charge in [-0.05, 0) is 60.3 Å². The van der Waals surface area contributed by atoms with Crippen LogP contribution in [-0.4, -0.2) is 32.9 Å². The summed E-state index contributed by atoms with van der Waals surface area (Å²) >= 11 is 1.74. The topological polar surface area (TPSA) is 71.7 Å². The molecule has 7 heteroatoms. The Bertz CT molecular complexity index is 1330. The van der Waals surface area contributed by atoms with Gasteiger partial charge in [-0.15, -0.1) is 16.4 Å². The summed E-state index contributed by atoms with van der Waals surface area (Å²) in [6.07, 6.45) is 2.50. The van der Waals surface area contributed by atoms with Gasteiger partial charge in [-0.3, -0.25) is 0 Å². The summed E-state index contributed by atoms with van der Waals surface area (Å²) in [6, 6.07) is 20.4. The van der Waals surface area contributed by atoms with Crippen molar-refractivity contribution in [1.82, 2.24) is 14.6 Å². The minimum atomic E-state index is 0.130. The first-order valence-electron chi connectivity index (χ1n) is 10.2. The number of aliphatic hydroxyl groups excluding tert-OH is 1. The van der Waals surface area contributed by atoms with Crippen LogP contribution in [0.1, 0.15) is 12.0 Å². The summed E-state index contributed by atoms with van der Waals surface area (Å²) in [4.78, 5) is 5.66. The van der Waals surface area contributed by atoms with Gasteiger partial charge in [0.25, 0.3) is 0 Å². The molecule has 2 N–H and O–H groups in total. The Morgan fingerprint density at radius 3 is 2.84 bits per heavy atom. The molecule has 0 bridgehead atoms. The van der Waals surface area contributed by atoms with Crippen molar-refractivity contribution in [3.05, 3.63) is 72.4 Å². The molecule has 0 saturated heterocycles. The van der Waals surface area contributed by atoms with Crippen LogP contribution in [0.2, 0.25) is 0 Å². The molecule has 0 spiro atoms. The van der Waals surface area contributed by atoms with Crippen LogP contribution in [0.25, 0.3) is 26.3 Å². The third-order valence-electron chi connectivity index (χ3n) is 5.05. The minimum absolute atomic E-state index is 0.130. The molecule has 5 rings (SSSR count). The number of nitrogens with one attached hydrogen (secondary N) is 1. The molecule has 2 aromatic carbocycles. The maximum Gasteiger partial charge on any atom is 0.154 e. The third-order valence-corrected chi connectivity index (χ3v) is 6.19. The number of hydrogen-bond donors (Lipinski definition) is 2. The van der Waals surface area contributed by atoms with Crippen molar-refractivity contribution in [3.8, 4) is 16.3 Å². The lowest BCUT2D eigenvalue weighted by Gasteiger charge is -2.11. The first-order valence-corrected chi connectivity index (χ1v) is 11.0. The molecule has 0 aliphatic rings. The van der Waals surface area contributed by atoms with E-state index in [-0.39, 0.29) is 6.61 Å². The molecule has 0 amide bonds. The van der Waals surface area contributed by atoms with E-state index in [1.807, 2.05) is 48.0 Å². The van der Waals surface area contributed by atoms with E-state index in [9.17, 15) is 0 Å². The quantitative estimate of drug-likeness (QED) is 0.337. The Balaban J connectivity index is 1.42. The first kappa shape index (κ1) is 19.5. The second kappa shape index (κ2) is 8.37. The van der Waals surface area contributed by atoms with Crippen molar-refractivity contribution in [2.24, 2.45) is 0 Å². The number of aromatic nitrogens is 3. The van der Waals surface area contributed by atoms with Crippen LogP contribution in [0.5, 0.6) is 5.75 Å². The molecule has 31 heavy (non-hydrogen) atoms. The number of fused-ring (bicyclic) bond motifs is 2. The van der Waals surface area contributed by atoms with Gasteiger partial charge in [0.2, 0.25) is 0 Å². The monoisotopic (exact) mass is 430 g/mol. The van der Waals surface area contributed by atoms with E-state index in [2.05, 4.69) is 40.6 Å². The molecular formula is C24H22N4O2S. The standard InChI is InChI=1S/C24H22N4O2S/c1-16-13-18(7-8-20(16)30-12-4-11-29)26-23-9-10-24-25-15-19(28(24)27-23)22-14-17-5-2-3-6-21(17)31-22/h2-3,5-10,13-15,29H,4,11-12H2,1H3,(H,26,27). The number of aliphatic hydroxyl groups is 1. The van der Waals surface area contributed by atoms with Gasteiger partial charge in [-0.25, -0.2) is 9.50 Å². The zero-order chi connectivity index (χ0) is 21.2. The fourth-order valence-electron chi connectivity index (χ4n) is 3.50. The van der Waals surface area contributed by atoms with E-state index in [0.29, 0.717) is 13.0 Å². The Kier molecular flexibility index (Phi) is 5.28. The summed E-state index contributed by atoms with van der Waals surface area (Å²) < 4.78 is 8.83. The highest BCUT2D eigenvalue weighted by atomic mass is 32.1. The lowest BCUT2D eigenvalue weighted by molar-refractivity contribution is 0.233. The molecule has 3 aromatic heterocycles. The molecule has 0 saturated carbocycles. The Hall–Kier alpha value is -3.42. The number of thiophene rings is 1. The Morgan fingerprint density at radius 1 is 1.10 bits per heavy atom. The molecule has 0 radical (unpaired) electrons. The van der Waals surface area contributed by atoms with E-state index in [1.54, 1.807) is 11.3 Å². The van der Waals surface area contributed by atoms with Gasteiger partial charge in [-0.2, -0.15) is 0 Å². The van der Waals surface area contributed by atoms with Crippen molar-refractivity contribution in [2.45, 2.75) is 13.3 Å². The highest BCUT2D eigenvalue weighted by Crippen LogP contribution is 2.33. The highest BCUT2D eigenvalue weighted by Gasteiger charge is 2.11. The number of aryl methyl sites for hydroxylation is 1. The zero-order valence-electron chi connectivity index (χ0n) is 17.1. The van der Waals surface area contributed by atoms with Gasteiger partial charge in [0.1, 0.15) is 11.4 Å². The second-order valence-corrected chi connectivity index (χ2v) is 8.40. The fraction of sp³-hybridized carbons (Fsp3) is 0.167. The van der Waals surface area contributed by atoms with Gasteiger partial charge in [-0.1, -0.05) is 18.2 Å². The molecule has 156 valence electrons. The van der Waals surface area contributed by atoms with Crippen molar-refractivity contribution in [3.63, 3.8) is 0 Å². The van der Waals surface area contributed by atoms with Gasteiger partial charge in [0.15, 0.2) is 11.5 Å². The van der Waals surface area contributed by atoms with Crippen LogP contribution in [-0.2, 0) is 0 Å². The number of anilines is 2. The number of hydrogen-bond acceptors (Lipinski definition) is 6. The average molecular weight is 431 g/mol. The summed E-state index contributed by atoms with van der Waals surface area (Å²) in [6.45, 7) is 2.64. The van der Waals surface area contributed by atoms with E-state index in [4.69, 9.17) is 14.9 Å². The third kappa shape index (κ3) is 3.97. The van der Waals surface area contributed by atoms with E-state index in [1.165, 1.54) is 10.1 Å². The molecule has 0 unspecified atom stereocenters. The Labute approximate surface area is 183 Å². The zero-order valence-corrected chi connectivity index (χ0v) is 17.9. The van der Waals surface area contributed by atoms with Crippen LogP contribution in [0.3, 0.4) is 0 Å². The van der Waals surface area contributed by atoms with E-state index >= 15 is 0 Å². The molecular weight excluding hydrogens is 408 g/mol. The summed E-state index contributed by atoms with van der Waals surface area (Å²) in [5.41, 5.74) is 3.74.